The molecule has 0 atom stereocenters. The largest absolute Gasteiger partial charge is 0.486 e. The first-order valence-corrected chi connectivity index (χ1v) is 12.4. The van der Waals surface area contributed by atoms with Gasteiger partial charge in [0.25, 0.3) is 5.91 Å². The van der Waals surface area contributed by atoms with Crippen LogP contribution in [0.3, 0.4) is 0 Å². The van der Waals surface area contributed by atoms with Gasteiger partial charge in [0.1, 0.15) is 23.7 Å². The fraction of sp³-hybridized carbons (Fsp3) is 0.148. The molecule has 4 rings (SSSR count). The van der Waals surface area contributed by atoms with E-state index >= 15 is 0 Å². The SMILES string of the molecule is COc1nc(COc2cccc(-c3cccc(NC(=O)c4ccc(CO)cn4)c3Cl)c2Cl)c(Cl)cc1CO. The number of nitrogens with zero attached hydrogens (tertiary/aromatic N) is 2. The second-order valence-corrected chi connectivity index (χ2v) is 9.14. The number of benzene rings is 2. The lowest BCUT2D eigenvalue weighted by molar-refractivity contribution is 0.102. The first-order valence-electron chi connectivity index (χ1n) is 11.3. The number of amides is 1. The Labute approximate surface area is 233 Å². The third kappa shape index (κ3) is 6.01. The van der Waals surface area contributed by atoms with Crippen LogP contribution in [0.5, 0.6) is 11.6 Å². The number of anilines is 1. The predicted octanol–water partition coefficient (Wildman–Crippen LogP) is 5.93. The Kier molecular flexibility index (Phi) is 9.04. The molecule has 0 saturated heterocycles. The molecule has 3 N–H and O–H groups in total. The summed E-state index contributed by atoms with van der Waals surface area (Å²) in [6, 6.07) is 15.1. The number of aromatic nitrogens is 2. The van der Waals surface area contributed by atoms with Crippen molar-refractivity contribution < 1.29 is 24.5 Å². The lowest BCUT2D eigenvalue weighted by atomic mass is 10.0. The van der Waals surface area contributed by atoms with Gasteiger partial charge in [-0.25, -0.2) is 4.98 Å². The molecule has 2 heterocycles. The summed E-state index contributed by atoms with van der Waals surface area (Å²) >= 11 is 19.7. The summed E-state index contributed by atoms with van der Waals surface area (Å²) in [6.45, 7) is -0.437. The molecule has 0 aliphatic carbocycles. The highest BCUT2D eigenvalue weighted by atomic mass is 35.5. The molecule has 0 aliphatic rings. The van der Waals surface area contributed by atoms with Crippen LogP contribution in [0.25, 0.3) is 11.1 Å². The van der Waals surface area contributed by atoms with Gasteiger partial charge < -0.3 is 25.0 Å². The van der Waals surface area contributed by atoms with E-state index in [0.29, 0.717) is 49.4 Å². The van der Waals surface area contributed by atoms with Crippen LogP contribution in [-0.2, 0) is 19.8 Å². The van der Waals surface area contributed by atoms with Crippen LogP contribution in [0.15, 0.2) is 60.8 Å². The number of nitrogens with one attached hydrogen (secondary N) is 1. The van der Waals surface area contributed by atoms with Gasteiger partial charge in [-0.3, -0.25) is 9.78 Å². The van der Waals surface area contributed by atoms with E-state index < -0.39 is 5.91 Å². The van der Waals surface area contributed by atoms with E-state index in [1.807, 2.05) is 0 Å². The number of halogens is 3. The number of hydrogen-bond donors (Lipinski definition) is 3. The predicted molar refractivity (Wildman–Crippen MR) is 146 cm³/mol. The lowest BCUT2D eigenvalue weighted by Gasteiger charge is -2.15. The summed E-state index contributed by atoms with van der Waals surface area (Å²) in [5.41, 5.74) is 3.17. The first-order chi connectivity index (χ1) is 18.4. The van der Waals surface area contributed by atoms with E-state index in [-0.39, 0.29) is 36.4 Å². The zero-order valence-electron chi connectivity index (χ0n) is 20.0. The third-order valence-electron chi connectivity index (χ3n) is 5.56. The average Bonchev–Trinajstić information content (AvgIpc) is 2.94. The fourth-order valence-corrected chi connectivity index (χ4v) is 4.37. The maximum atomic E-state index is 12.7. The fourth-order valence-electron chi connectivity index (χ4n) is 3.59. The molecule has 196 valence electrons. The van der Waals surface area contributed by atoms with Crippen LogP contribution < -0.4 is 14.8 Å². The van der Waals surface area contributed by atoms with Crippen LogP contribution in [0, 0.1) is 0 Å². The Morgan fingerprint density at radius 1 is 0.974 bits per heavy atom. The molecule has 0 radical (unpaired) electrons. The Balaban J connectivity index is 1.57. The summed E-state index contributed by atoms with van der Waals surface area (Å²) in [5.74, 6) is 0.162. The monoisotopic (exact) mass is 573 g/mol. The van der Waals surface area contributed by atoms with Crippen molar-refractivity contribution in [2.45, 2.75) is 19.8 Å². The van der Waals surface area contributed by atoms with Crippen molar-refractivity contribution in [3.05, 3.63) is 98.4 Å². The van der Waals surface area contributed by atoms with Gasteiger partial charge >= 0.3 is 0 Å². The van der Waals surface area contributed by atoms with Crippen molar-refractivity contribution in [3.63, 3.8) is 0 Å². The first kappa shape index (κ1) is 27.6. The van der Waals surface area contributed by atoms with E-state index in [0.717, 1.165) is 0 Å². The Hall–Kier alpha value is -3.40. The standard InChI is InChI=1S/C27H22Cl3N3O5/c1-37-27-16(13-35)10-19(28)22(33-27)14-38-23-7-3-5-18(25(23)30)17-4-2-6-20(24(17)29)32-26(36)21-9-8-15(12-34)11-31-21/h2-11,34-35H,12-14H2,1H3,(H,32,36). The highest BCUT2D eigenvalue weighted by Crippen LogP contribution is 2.41. The smallest absolute Gasteiger partial charge is 0.274 e. The molecule has 0 unspecified atom stereocenters. The molecule has 2 aromatic carbocycles. The van der Waals surface area contributed by atoms with Crippen LogP contribution in [0.1, 0.15) is 27.3 Å². The molecule has 0 saturated carbocycles. The molecule has 2 aromatic heterocycles. The molecular formula is C27H22Cl3N3O5. The number of carbonyl (C=O) groups excluding carboxylic acids is 1. The number of ether oxygens (including phenoxy) is 2. The maximum Gasteiger partial charge on any atom is 0.274 e. The summed E-state index contributed by atoms with van der Waals surface area (Å²) in [5, 5.41) is 22.3. The van der Waals surface area contributed by atoms with Crippen LogP contribution in [-0.4, -0.2) is 33.2 Å². The minimum absolute atomic E-state index is 0.00399. The number of pyridine rings is 2. The minimum atomic E-state index is -0.455. The highest BCUT2D eigenvalue weighted by Gasteiger charge is 2.18. The van der Waals surface area contributed by atoms with Crippen molar-refractivity contribution in [1.29, 1.82) is 0 Å². The second-order valence-electron chi connectivity index (χ2n) is 7.98. The van der Waals surface area contributed by atoms with Gasteiger partial charge in [-0.1, -0.05) is 65.1 Å². The van der Waals surface area contributed by atoms with Gasteiger partial charge in [0.2, 0.25) is 5.88 Å². The molecule has 0 fully saturated rings. The van der Waals surface area contributed by atoms with Crippen LogP contribution >= 0.6 is 34.8 Å². The topological polar surface area (TPSA) is 114 Å². The quantitative estimate of drug-likeness (QED) is 0.227. The van der Waals surface area contributed by atoms with Crippen molar-refractivity contribution in [3.8, 4) is 22.8 Å². The Bertz CT molecular complexity index is 1470. The molecule has 38 heavy (non-hydrogen) atoms. The molecule has 0 spiro atoms. The van der Waals surface area contributed by atoms with Crippen LogP contribution in [0.2, 0.25) is 15.1 Å². The van der Waals surface area contributed by atoms with E-state index in [1.165, 1.54) is 19.4 Å². The van der Waals surface area contributed by atoms with E-state index in [4.69, 9.17) is 49.4 Å². The molecule has 1 amide bonds. The second kappa shape index (κ2) is 12.4. The molecule has 11 heteroatoms. The zero-order chi connectivity index (χ0) is 27.2. The molecule has 0 bridgehead atoms. The summed E-state index contributed by atoms with van der Waals surface area (Å²) < 4.78 is 11.1. The van der Waals surface area contributed by atoms with Crippen LogP contribution in [0.4, 0.5) is 5.69 Å². The van der Waals surface area contributed by atoms with E-state index in [9.17, 15) is 9.90 Å². The lowest BCUT2D eigenvalue weighted by Crippen LogP contribution is -2.14. The molecular weight excluding hydrogens is 553 g/mol. The van der Waals surface area contributed by atoms with Gasteiger partial charge in [0.15, 0.2) is 0 Å². The van der Waals surface area contributed by atoms with Gasteiger partial charge in [-0.05, 0) is 29.8 Å². The number of rotatable bonds is 9. The summed E-state index contributed by atoms with van der Waals surface area (Å²) in [7, 11) is 1.45. The summed E-state index contributed by atoms with van der Waals surface area (Å²) in [4.78, 5) is 21.1. The van der Waals surface area contributed by atoms with Crippen molar-refractivity contribution in [2.75, 3.05) is 12.4 Å². The normalized spacial score (nSPS) is 10.8. The highest BCUT2D eigenvalue weighted by molar-refractivity contribution is 6.39. The van der Waals surface area contributed by atoms with Gasteiger partial charge in [0.05, 0.1) is 41.1 Å². The van der Waals surface area contributed by atoms with E-state index in [1.54, 1.807) is 48.5 Å². The van der Waals surface area contributed by atoms with Crippen molar-refractivity contribution in [1.82, 2.24) is 9.97 Å². The number of methoxy groups -OCH3 is 1. The van der Waals surface area contributed by atoms with Gasteiger partial charge in [-0.2, -0.15) is 0 Å². The molecule has 4 aromatic rings. The number of carbonyl (C=O) groups is 1. The maximum absolute atomic E-state index is 12.7. The van der Waals surface area contributed by atoms with E-state index in [2.05, 4.69) is 15.3 Å². The van der Waals surface area contributed by atoms with Crippen molar-refractivity contribution in [2.24, 2.45) is 0 Å². The minimum Gasteiger partial charge on any atom is -0.486 e. The van der Waals surface area contributed by atoms with Gasteiger partial charge in [-0.15, -0.1) is 0 Å². The summed E-state index contributed by atoms with van der Waals surface area (Å²) in [6.07, 6.45) is 1.43. The Morgan fingerprint density at radius 3 is 2.37 bits per heavy atom. The number of aliphatic hydroxyl groups excluding tert-OH is 2. The average molecular weight is 575 g/mol. The number of hydrogen-bond acceptors (Lipinski definition) is 7. The molecule has 0 aliphatic heterocycles. The number of aliphatic hydroxyl groups is 2. The van der Waals surface area contributed by atoms with Gasteiger partial charge in [0, 0.05) is 22.9 Å². The Morgan fingerprint density at radius 2 is 1.71 bits per heavy atom. The van der Waals surface area contributed by atoms with Crippen molar-refractivity contribution >= 4 is 46.4 Å². The molecule has 8 nitrogen and oxygen atoms in total. The third-order valence-corrected chi connectivity index (χ3v) is 6.68. The zero-order valence-corrected chi connectivity index (χ0v) is 22.3.